The first-order valence-corrected chi connectivity index (χ1v) is 9.76. The zero-order valence-electron chi connectivity index (χ0n) is 16.2. The number of methoxy groups -OCH3 is 1. The third-order valence-electron chi connectivity index (χ3n) is 4.48. The van der Waals surface area contributed by atoms with Crippen LogP contribution in [0.1, 0.15) is 27.4 Å². The van der Waals surface area contributed by atoms with Crippen LogP contribution in [0.25, 0.3) is 10.2 Å². The van der Waals surface area contributed by atoms with Crippen LogP contribution in [0.4, 0.5) is 5.13 Å². The van der Waals surface area contributed by atoms with Crippen LogP contribution < -0.4 is 14.8 Å². The predicted octanol–water partition coefficient (Wildman–Crippen LogP) is 4.74. The van der Waals surface area contributed by atoms with Crippen LogP contribution in [0, 0.1) is 13.8 Å². The summed E-state index contributed by atoms with van der Waals surface area (Å²) in [6.45, 7) is 3.89. The second kappa shape index (κ2) is 7.92. The highest BCUT2D eigenvalue weighted by atomic mass is 32.1. The molecule has 0 unspecified atom stereocenters. The van der Waals surface area contributed by atoms with Gasteiger partial charge in [-0.1, -0.05) is 28.6 Å². The molecule has 2 aromatic heterocycles. The molecule has 1 N–H and O–H groups in total. The first-order valence-electron chi connectivity index (χ1n) is 8.94. The number of nitrogens with one attached hydrogen (secondary N) is 1. The number of aryl methyl sites for hydroxylation is 2. The monoisotopic (exact) mass is 409 g/mol. The molecule has 4 rings (SSSR count). The highest BCUT2D eigenvalue weighted by molar-refractivity contribution is 7.22. The number of hydrogen-bond acceptors (Lipinski definition) is 7. The molecule has 0 saturated carbocycles. The molecule has 29 heavy (non-hydrogen) atoms. The van der Waals surface area contributed by atoms with Gasteiger partial charge in [-0.2, -0.15) is 0 Å². The molecule has 0 aliphatic rings. The van der Waals surface area contributed by atoms with Crippen LogP contribution in [0.2, 0.25) is 0 Å². The number of ether oxygens (including phenoxy) is 2. The van der Waals surface area contributed by atoms with Crippen molar-refractivity contribution in [3.05, 3.63) is 65.0 Å². The second-order valence-electron chi connectivity index (χ2n) is 6.42. The van der Waals surface area contributed by atoms with E-state index in [0.717, 1.165) is 21.5 Å². The van der Waals surface area contributed by atoms with E-state index in [-0.39, 0.29) is 18.2 Å². The maximum Gasteiger partial charge on any atom is 0.280 e. The number of anilines is 1. The van der Waals surface area contributed by atoms with Crippen LogP contribution in [0.5, 0.6) is 11.5 Å². The van der Waals surface area contributed by atoms with E-state index >= 15 is 0 Å². The highest BCUT2D eigenvalue weighted by Crippen LogP contribution is 2.28. The molecule has 0 radical (unpaired) electrons. The molecule has 0 atom stereocenters. The lowest BCUT2D eigenvalue weighted by Crippen LogP contribution is -2.15. The number of thiazole rings is 1. The summed E-state index contributed by atoms with van der Waals surface area (Å²) >= 11 is 1.42. The Morgan fingerprint density at radius 2 is 1.90 bits per heavy atom. The number of fused-ring (bicyclic) bond motifs is 1. The Bertz CT molecular complexity index is 1160. The smallest absolute Gasteiger partial charge is 0.280 e. The maximum atomic E-state index is 12.8. The van der Waals surface area contributed by atoms with Crippen molar-refractivity contribution in [1.29, 1.82) is 0 Å². The summed E-state index contributed by atoms with van der Waals surface area (Å²) in [5.74, 6) is 1.54. The van der Waals surface area contributed by atoms with Gasteiger partial charge in [0.05, 0.1) is 22.9 Å². The van der Waals surface area contributed by atoms with Crippen molar-refractivity contribution in [3.63, 3.8) is 0 Å². The van der Waals surface area contributed by atoms with Crippen LogP contribution in [-0.4, -0.2) is 23.2 Å². The SMILES string of the molecule is COc1ccc(OCc2c(C(=O)Nc3nc4c(C)cccc4s3)noc2C)cc1. The molecule has 0 spiro atoms. The van der Waals surface area contributed by atoms with Gasteiger partial charge in [-0.05, 0) is 49.7 Å². The standard InChI is InChI=1S/C21H19N3O4S/c1-12-5-4-6-17-18(12)22-21(29-17)23-20(25)19-16(13(2)28-24-19)11-27-15-9-7-14(26-3)8-10-15/h4-10H,11H2,1-3H3,(H,22,23,25). The van der Waals surface area contributed by atoms with Crippen LogP contribution in [0.15, 0.2) is 47.0 Å². The minimum atomic E-state index is -0.383. The van der Waals surface area contributed by atoms with E-state index in [4.69, 9.17) is 14.0 Å². The molecule has 8 heteroatoms. The molecule has 4 aromatic rings. The Balaban J connectivity index is 1.50. The van der Waals surface area contributed by atoms with Crippen LogP contribution >= 0.6 is 11.3 Å². The van der Waals surface area contributed by atoms with Gasteiger partial charge in [0.15, 0.2) is 10.8 Å². The van der Waals surface area contributed by atoms with Crippen molar-refractivity contribution in [2.45, 2.75) is 20.5 Å². The Morgan fingerprint density at radius 1 is 1.14 bits per heavy atom. The number of nitrogens with zero attached hydrogens (tertiary/aromatic N) is 2. The lowest BCUT2D eigenvalue weighted by atomic mass is 10.2. The van der Waals surface area contributed by atoms with Crippen molar-refractivity contribution in [2.24, 2.45) is 0 Å². The van der Waals surface area contributed by atoms with E-state index in [1.54, 1.807) is 38.3 Å². The number of rotatable bonds is 6. The molecule has 0 aliphatic heterocycles. The highest BCUT2D eigenvalue weighted by Gasteiger charge is 2.21. The summed E-state index contributed by atoms with van der Waals surface area (Å²) in [5, 5.41) is 7.24. The summed E-state index contributed by atoms with van der Waals surface area (Å²) in [4.78, 5) is 17.3. The second-order valence-corrected chi connectivity index (χ2v) is 7.46. The number of carbonyl (C=O) groups is 1. The predicted molar refractivity (Wildman–Crippen MR) is 111 cm³/mol. The minimum Gasteiger partial charge on any atom is -0.497 e. The molecule has 1 amide bonds. The number of hydrogen-bond donors (Lipinski definition) is 1. The zero-order valence-corrected chi connectivity index (χ0v) is 17.0. The molecule has 0 fully saturated rings. The van der Waals surface area contributed by atoms with Gasteiger partial charge in [-0.3, -0.25) is 10.1 Å². The lowest BCUT2D eigenvalue weighted by Gasteiger charge is -2.07. The molecule has 2 aromatic carbocycles. The van der Waals surface area contributed by atoms with Crippen molar-refractivity contribution >= 4 is 32.6 Å². The normalized spacial score (nSPS) is 10.9. The lowest BCUT2D eigenvalue weighted by molar-refractivity contribution is 0.101. The number of amides is 1. The maximum absolute atomic E-state index is 12.8. The van der Waals surface area contributed by atoms with Crippen molar-refractivity contribution < 1.29 is 18.8 Å². The number of carbonyl (C=O) groups excluding carboxylic acids is 1. The summed E-state index contributed by atoms with van der Waals surface area (Å²) in [7, 11) is 1.61. The van der Waals surface area contributed by atoms with Crippen LogP contribution in [0.3, 0.4) is 0 Å². The summed E-state index contributed by atoms with van der Waals surface area (Å²) in [6.07, 6.45) is 0. The van der Waals surface area contributed by atoms with Gasteiger partial charge in [0.1, 0.15) is 23.9 Å². The molecule has 0 saturated heterocycles. The van der Waals surface area contributed by atoms with Crippen molar-refractivity contribution in [1.82, 2.24) is 10.1 Å². The first kappa shape index (κ1) is 18.9. The largest absolute Gasteiger partial charge is 0.497 e. The molecular formula is C21H19N3O4S. The summed E-state index contributed by atoms with van der Waals surface area (Å²) in [5.41, 5.74) is 2.72. The van der Waals surface area contributed by atoms with Gasteiger partial charge in [-0.15, -0.1) is 0 Å². The number of para-hydroxylation sites is 1. The fourth-order valence-corrected chi connectivity index (χ4v) is 3.80. The van der Waals surface area contributed by atoms with Gasteiger partial charge < -0.3 is 14.0 Å². The Labute approximate surface area is 171 Å². The van der Waals surface area contributed by atoms with E-state index in [2.05, 4.69) is 15.5 Å². The first-order chi connectivity index (χ1) is 14.0. The Kier molecular flexibility index (Phi) is 5.18. The van der Waals surface area contributed by atoms with E-state index in [1.807, 2.05) is 25.1 Å². The molecule has 2 heterocycles. The fraction of sp³-hybridized carbons (Fsp3) is 0.190. The van der Waals surface area contributed by atoms with Gasteiger partial charge in [0.2, 0.25) is 0 Å². The van der Waals surface area contributed by atoms with E-state index in [9.17, 15) is 4.79 Å². The van der Waals surface area contributed by atoms with E-state index in [0.29, 0.717) is 22.2 Å². The van der Waals surface area contributed by atoms with Crippen molar-refractivity contribution in [3.8, 4) is 11.5 Å². The Hall–Kier alpha value is -3.39. The Morgan fingerprint density at radius 3 is 2.62 bits per heavy atom. The van der Waals surface area contributed by atoms with Gasteiger partial charge in [0, 0.05) is 0 Å². The third-order valence-corrected chi connectivity index (χ3v) is 5.42. The summed E-state index contributed by atoms with van der Waals surface area (Å²) in [6, 6.07) is 13.1. The van der Waals surface area contributed by atoms with Gasteiger partial charge in [-0.25, -0.2) is 4.98 Å². The van der Waals surface area contributed by atoms with E-state index in [1.165, 1.54) is 11.3 Å². The quantitative estimate of drug-likeness (QED) is 0.495. The minimum absolute atomic E-state index is 0.156. The molecular weight excluding hydrogens is 390 g/mol. The molecule has 0 bridgehead atoms. The van der Waals surface area contributed by atoms with Crippen molar-refractivity contribution in [2.75, 3.05) is 12.4 Å². The summed E-state index contributed by atoms with van der Waals surface area (Å²) < 4.78 is 17.2. The molecule has 7 nitrogen and oxygen atoms in total. The third kappa shape index (κ3) is 3.93. The number of aromatic nitrogens is 2. The zero-order chi connectivity index (χ0) is 20.4. The average Bonchev–Trinajstić information content (AvgIpc) is 3.30. The topological polar surface area (TPSA) is 86.5 Å². The fourth-order valence-electron chi connectivity index (χ4n) is 2.86. The average molecular weight is 409 g/mol. The molecule has 148 valence electrons. The molecule has 0 aliphatic carbocycles. The number of benzene rings is 2. The van der Waals surface area contributed by atoms with Gasteiger partial charge in [0.25, 0.3) is 5.91 Å². The van der Waals surface area contributed by atoms with E-state index < -0.39 is 0 Å². The van der Waals surface area contributed by atoms with Gasteiger partial charge >= 0.3 is 0 Å². The van der Waals surface area contributed by atoms with Crippen LogP contribution in [-0.2, 0) is 6.61 Å².